The summed E-state index contributed by atoms with van der Waals surface area (Å²) < 4.78 is 6.11. The summed E-state index contributed by atoms with van der Waals surface area (Å²) in [5.74, 6) is 0.358. The number of nitrogens with zero attached hydrogens (tertiary/aromatic N) is 5. The minimum absolute atomic E-state index is 0.0511. The fraction of sp³-hybridized carbons (Fsp3) is 0.857. The first kappa shape index (κ1) is 24.4. The molecule has 3 heterocycles. The van der Waals surface area contributed by atoms with Crippen LogP contribution in [0.1, 0.15) is 81.1 Å². The van der Waals surface area contributed by atoms with E-state index in [1.807, 2.05) is 55.4 Å². The highest BCUT2D eigenvalue weighted by Crippen LogP contribution is 2.39. The van der Waals surface area contributed by atoms with Crippen molar-refractivity contribution in [2.45, 2.75) is 115 Å². The van der Waals surface area contributed by atoms with Gasteiger partial charge in [-0.3, -0.25) is 0 Å². The number of aromatic nitrogens is 3. The Bertz CT molecular complexity index is 718. The Morgan fingerprint density at radius 2 is 1.26 bits per heavy atom. The van der Waals surface area contributed by atoms with Gasteiger partial charge in [-0.15, -0.1) is 0 Å². The van der Waals surface area contributed by atoms with E-state index in [4.69, 9.17) is 16.3 Å². The largest absolute Gasteiger partial charge is 0.460 e. The normalized spacial score (nSPS) is 26.5. The van der Waals surface area contributed by atoms with Gasteiger partial charge in [-0.2, -0.15) is 25.1 Å². The molecular formula is C21H37ClN6O3. The molecule has 2 fully saturated rings. The number of hydrogen-bond donors (Lipinski definition) is 3. The van der Waals surface area contributed by atoms with Gasteiger partial charge in [0.15, 0.2) is 0 Å². The van der Waals surface area contributed by atoms with Gasteiger partial charge in [-0.05, 0) is 79.8 Å². The zero-order valence-electron chi connectivity index (χ0n) is 19.9. The van der Waals surface area contributed by atoms with E-state index >= 15 is 0 Å². The predicted molar refractivity (Wildman–Crippen MR) is 119 cm³/mol. The average molecular weight is 457 g/mol. The Labute approximate surface area is 190 Å². The van der Waals surface area contributed by atoms with E-state index in [2.05, 4.69) is 20.3 Å². The molecule has 176 valence electrons. The summed E-state index contributed by atoms with van der Waals surface area (Å²) in [5, 5.41) is 27.3. The number of piperidine rings is 2. The summed E-state index contributed by atoms with van der Waals surface area (Å²) in [6.45, 7) is 16.0. The van der Waals surface area contributed by atoms with Crippen LogP contribution in [0.4, 0.5) is 5.95 Å². The van der Waals surface area contributed by atoms with Gasteiger partial charge >= 0.3 is 6.01 Å². The van der Waals surface area contributed by atoms with Gasteiger partial charge in [0.1, 0.15) is 6.10 Å². The molecule has 0 atom stereocenters. The van der Waals surface area contributed by atoms with Crippen LogP contribution in [0.15, 0.2) is 0 Å². The van der Waals surface area contributed by atoms with Crippen molar-refractivity contribution in [3.05, 3.63) is 5.28 Å². The maximum absolute atomic E-state index is 10.5. The number of hydroxylamine groups is 4. The Hall–Kier alpha value is -1.26. The van der Waals surface area contributed by atoms with Crippen molar-refractivity contribution in [1.82, 2.24) is 25.1 Å². The third-order valence-corrected chi connectivity index (χ3v) is 6.60. The van der Waals surface area contributed by atoms with Crippen molar-refractivity contribution < 1.29 is 15.2 Å². The summed E-state index contributed by atoms with van der Waals surface area (Å²) in [6, 6.07) is 0.221. The molecule has 0 saturated carbocycles. The van der Waals surface area contributed by atoms with Crippen LogP contribution in [0.5, 0.6) is 6.01 Å². The molecule has 3 rings (SSSR count). The smallest absolute Gasteiger partial charge is 0.322 e. The number of anilines is 1. The molecule has 10 heteroatoms. The first-order valence-electron chi connectivity index (χ1n) is 10.9. The number of halogens is 1. The topological polar surface area (TPSA) is 107 Å². The molecule has 1 aromatic rings. The molecule has 2 aliphatic heterocycles. The van der Waals surface area contributed by atoms with Gasteiger partial charge in [0, 0.05) is 41.0 Å². The van der Waals surface area contributed by atoms with Crippen LogP contribution in [0.2, 0.25) is 5.28 Å². The first-order chi connectivity index (χ1) is 14.0. The lowest BCUT2D eigenvalue weighted by Gasteiger charge is -2.51. The Kier molecular flexibility index (Phi) is 6.25. The van der Waals surface area contributed by atoms with E-state index in [0.717, 1.165) is 0 Å². The molecule has 0 unspecified atom stereocenters. The van der Waals surface area contributed by atoms with Gasteiger partial charge in [0.25, 0.3) is 0 Å². The molecule has 0 radical (unpaired) electrons. The second-order valence-electron chi connectivity index (χ2n) is 11.5. The van der Waals surface area contributed by atoms with Crippen molar-refractivity contribution in [3.63, 3.8) is 0 Å². The van der Waals surface area contributed by atoms with E-state index in [1.54, 1.807) is 0 Å². The standard InChI is InChI=1S/C21H37ClN6O3/c1-18(2)9-13(10-19(3,4)27(18)29)23-16-24-15(22)25-17(26-16)31-14-11-20(5,6)28(30)21(7,8)12-14/h13-14,29-30H,9-12H2,1-8H3,(H,23,24,25,26). The molecule has 0 aromatic carbocycles. The quantitative estimate of drug-likeness (QED) is 0.616. The van der Waals surface area contributed by atoms with Crippen molar-refractivity contribution in [2.75, 3.05) is 5.32 Å². The monoisotopic (exact) mass is 456 g/mol. The molecule has 31 heavy (non-hydrogen) atoms. The lowest BCUT2D eigenvalue weighted by Crippen LogP contribution is -2.61. The Morgan fingerprint density at radius 3 is 1.74 bits per heavy atom. The highest BCUT2D eigenvalue weighted by molar-refractivity contribution is 6.28. The fourth-order valence-corrected chi connectivity index (χ4v) is 5.57. The maximum atomic E-state index is 10.5. The van der Waals surface area contributed by atoms with Gasteiger partial charge in [0.05, 0.1) is 0 Å². The minimum atomic E-state index is -0.445. The number of rotatable bonds is 4. The number of nitrogens with one attached hydrogen (secondary N) is 1. The highest BCUT2D eigenvalue weighted by atomic mass is 35.5. The van der Waals surface area contributed by atoms with Crippen LogP contribution in [0, 0.1) is 0 Å². The van der Waals surface area contributed by atoms with E-state index in [9.17, 15) is 10.4 Å². The molecule has 0 spiro atoms. The van der Waals surface area contributed by atoms with Gasteiger partial charge < -0.3 is 20.5 Å². The van der Waals surface area contributed by atoms with Crippen LogP contribution in [-0.4, -0.2) is 69.8 Å². The van der Waals surface area contributed by atoms with Crippen LogP contribution >= 0.6 is 11.6 Å². The van der Waals surface area contributed by atoms with Crippen molar-refractivity contribution >= 4 is 17.5 Å². The highest BCUT2D eigenvalue weighted by Gasteiger charge is 2.47. The van der Waals surface area contributed by atoms with Crippen LogP contribution in [-0.2, 0) is 0 Å². The van der Waals surface area contributed by atoms with Crippen molar-refractivity contribution in [2.24, 2.45) is 0 Å². The second-order valence-corrected chi connectivity index (χ2v) is 11.8. The summed E-state index contributed by atoms with van der Waals surface area (Å²) >= 11 is 6.18. The van der Waals surface area contributed by atoms with E-state index < -0.39 is 22.2 Å². The van der Waals surface area contributed by atoms with Crippen LogP contribution in [0.25, 0.3) is 0 Å². The van der Waals surface area contributed by atoms with Gasteiger partial charge in [0.2, 0.25) is 11.2 Å². The van der Waals surface area contributed by atoms with Crippen LogP contribution in [0.3, 0.4) is 0 Å². The summed E-state index contributed by atoms with van der Waals surface area (Å²) in [5.41, 5.74) is -1.69. The summed E-state index contributed by atoms with van der Waals surface area (Å²) in [4.78, 5) is 12.9. The molecular weight excluding hydrogens is 420 g/mol. The summed E-state index contributed by atoms with van der Waals surface area (Å²) in [6.07, 6.45) is 2.50. The molecule has 3 N–H and O–H groups in total. The second kappa shape index (κ2) is 7.95. The Morgan fingerprint density at radius 1 is 0.806 bits per heavy atom. The number of ether oxygens (including phenoxy) is 1. The molecule has 2 saturated heterocycles. The molecule has 0 amide bonds. The van der Waals surface area contributed by atoms with E-state index in [-0.39, 0.29) is 23.4 Å². The SMILES string of the molecule is CC1(C)CC(Nc2nc(Cl)nc(OC3CC(C)(C)N(O)C(C)(C)C3)n2)CC(C)(C)N1O. The average Bonchev–Trinajstić information content (AvgIpc) is 2.56. The van der Waals surface area contributed by atoms with Gasteiger partial charge in [-0.1, -0.05) is 0 Å². The molecule has 2 aliphatic rings. The first-order valence-corrected chi connectivity index (χ1v) is 11.2. The molecule has 9 nitrogen and oxygen atoms in total. The predicted octanol–water partition coefficient (Wildman–Crippen LogP) is 4.14. The van der Waals surface area contributed by atoms with Crippen molar-refractivity contribution in [1.29, 1.82) is 0 Å². The third-order valence-electron chi connectivity index (χ3n) is 6.43. The lowest BCUT2D eigenvalue weighted by atomic mass is 9.79. The minimum Gasteiger partial charge on any atom is -0.460 e. The molecule has 0 aliphatic carbocycles. The summed E-state index contributed by atoms with van der Waals surface area (Å²) in [7, 11) is 0. The van der Waals surface area contributed by atoms with Crippen LogP contribution < -0.4 is 10.1 Å². The van der Waals surface area contributed by atoms with Gasteiger partial charge in [-0.25, -0.2) is 0 Å². The fourth-order valence-electron chi connectivity index (χ4n) is 5.42. The van der Waals surface area contributed by atoms with E-state index in [0.29, 0.717) is 31.6 Å². The molecule has 1 aromatic heterocycles. The molecule has 0 bridgehead atoms. The maximum Gasteiger partial charge on any atom is 0.322 e. The Balaban J connectivity index is 1.75. The lowest BCUT2D eigenvalue weighted by molar-refractivity contribution is -0.255. The third kappa shape index (κ3) is 5.22. The zero-order chi connectivity index (χ0) is 23.4. The van der Waals surface area contributed by atoms with Crippen molar-refractivity contribution in [3.8, 4) is 6.01 Å². The zero-order valence-corrected chi connectivity index (χ0v) is 20.7. The number of hydrogen-bond acceptors (Lipinski definition) is 9. The van der Waals surface area contributed by atoms with E-state index in [1.165, 1.54) is 10.1 Å².